The van der Waals surface area contributed by atoms with Crippen LogP contribution in [0.4, 0.5) is 4.39 Å². The van der Waals surface area contributed by atoms with E-state index in [1.54, 1.807) is 6.07 Å². The quantitative estimate of drug-likeness (QED) is 0.442. The number of nitrogens with one attached hydrogen (secondary N) is 3. The monoisotopic (exact) mass is 491 g/mol. The lowest BCUT2D eigenvalue weighted by atomic mass is 10.3. The number of hydrogen-bond donors (Lipinski definition) is 3. The molecule has 0 aromatic heterocycles. The van der Waals surface area contributed by atoms with Crippen molar-refractivity contribution in [2.75, 3.05) is 26.4 Å². The maximum Gasteiger partial charge on any atom is 0.259 e. The molecule has 2 rings (SSSR count). The second-order valence-corrected chi connectivity index (χ2v) is 7.10. The van der Waals surface area contributed by atoms with Crippen LogP contribution in [0.3, 0.4) is 0 Å². The Hall–Kier alpha value is -2.75. The van der Waals surface area contributed by atoms with Crippen molar-refractivity contribution in [3.63, 3.8) is 0 Å². The second-order valence-electron chi connectivity index (χ2n) is 5.88. The minimum absolute atomic E-state index is 0.0681. The third kappa shape index (κ3) is 8.87. The van der Waals surface area contributed by atoms with Crippen LogP contribution in [0, 0.1) is 5.82 Å². The van der Waals surface area contributed by atoms with E-state index in [4.69, 9.17) is 44.3 Å². The summed E-state index contributed by atoms with van der Waals surface area (Å²) in [7, 11) is 0. The summed E-state index contributed by atoms with van der Waals surface area (Å²) in [6.45, 7) is -1.23. The summed E-state index contributed by atoms with van der Waals surface area (Å²) in [5, 5.41) is 7.70. The van der Waals surface area contributed by atoms with Gasteiger partial charge in [0.1, 0.15) is 17.3 Å². The van der Waals surface area contributed by atoms with E-state index >= 15 is 0 Å². The first kappa shape index (κ1) is 24.5. The summed E-state index contributed by atoms with van der Waals surface area (Å²) in [6, 6.07) is 8.29. The second kappa shape index (κ2) is 12.2. The number of carbonyl (C=O) groups is 3. The van der Waals surface area contributed by atoms with Gasteiger partial charge in [-0.15, -0.1) is 0 Å². The van der Waals surface area contributed by atoms with Gasteiger partial charge in [0.05, 0.1) is 28.3 Å². The molecule has 12 heteroatoms. The van der Waals surface area contributed by atoms with Crippen molar-refractivity contribution in [3.05, 3.63) is 57.3 Å². The van der Waals surface area contributed by atoms with Gasteiger partial charge < -0.3 is 25.4 Å². The number of rotatable bonds is 10. The van der Waals surface area contributed by atoms with E-state index in [1.165, 1.54) is 24.3 Å². The summed E-state index contributed by atoms with van der Waals surface area (Å²) < 4.78 is 23.6. The fraction of sp³-hybridized carbons (Fsp3) is 0.211. The van der Waals surface area contributed by atoms with Crippen LogP contribution < -0.4 is 25.4 Å². The van der Waals surface area contributed by atoms with Crippen LogP contribution >= 0.6 is 34.8 Å². The lowest BCUT2D eigenvalue weighted by Crippen LogP contribution is -2.44. The van der Waals surface area contributed by atoms with Crippen molar-refractivity contribution in [1.29, 1.82) is 0 Å². The number of carbonyl (C=O) groups excluding carboxylic acids is 3. The molecular formula is C19H17Cl3FN3O5. The molecule has 0 radical (unpaired) electrons. The van der Waals surface area contributed by atoms with Crippen LogP contribution in [-0.2, 0) is 14.4 Å². The van der Waals surface area contributed by atoms with Crippen LogP contribution in [0.15, 0.2) is 36.4 Å². The van der Waals surface area contributed by atoms with Gasteiger partial charge in [-0.05, 0) is 24.3 Å². The van der Waals surface area contributed by atoms with Gasteiger partial charge in [-0.1, -0.05) is 34.8 Å². The molecule has 0 saturated heterocycles. The molecule has 0 aliphatic heterocycles. The van der Waals surface area contributed by atoms with Crippen molar-refractivity contribution in [1.82, 2.24) is 16.0 Å². The average Bonchev–Trinajstić information content (AvgIpc) is 2.74. The predicted octanol–water partition coefficient (Wildman–Crippen LogP) is 2.55. The topological polar surface area (TPSA) is 106 Å². The summed E-state index contributed by atoms with van der Waals surface area (Å²) in [4.78, 5) is 35.1. The van der Waals surface area contributed by atoms with Gasteiger partial charge in [0.2, 0.25) is 5.91 Å². The molecule has 2 aromatic rings. The standard InChI is InChI=1S/C19H17Cl3FN3O5/c20-13-3-1-11(5-15(13)22)30-9-19(29)26-10-25-17(27)7-24-18(28)8-31-12-2-4-14(21)16(23)6-12/h1-6H,7-10H2,(H,24,28)(H,25,27)(H,26,29). The minimum atomic E-state index is -0.677. The fourth-order valence-electron chi connectivity index (χ4n) is 2.02. The molecule has 0 atom stereocenters. The first-order valence-corrected chi connectivity index (χ1v) is 9.84. The third-order valence-corrected chi connectivity index (χ3v) is 4.58. The Labute approximate surface area is 191 Å². The van der Waals surface area contributed by atoms with Crippen LogP contribution in [0.25, 0.3) is 0 Å². The van der Waals surface area contributed by atoms with Gasteiger partial charge in [0, 0.05) is 12.1 Å². The Bertz CT molecular complexity index is 961. The van der Waals surface area contributed by atoms with E-state index in [0.29, 0.717) is 15.8 Å². The molecule has 2 aromatic carbocycles. The number of ether oxygens (including phenoxy) is 2. The Morgan fingerprint density at radius 3 is 1.90 bits per heavy atom. The highest BCUT2D eigenvalue weighted by Crippen LogP contribution is 2.26. The molecular weight excluding hydrogens is 476 g/mol. The molecule has 31 heavy (non-hydrogen) atoms. The number of hydrogen-bond acceptors (Lipinski definition) is 5. The van der Waals surface area contributed by atoms with Crippen molar-refractivity contribution in [2.45, 2.75) is 0 Å². The van der Waals surface area contributed by atoms with E-state index in [2.05, 4.69) is 16.0 Å². The Balaban J connectivity index is 1.58. The summed E-state index contributed by atoms with van der Waals surface area (Å²) in [5.41, 5.74) is 0. The summed E-state index contributed by atoms with van der Waals surface area (Å²) >= 11 is 17.2. The zero-order chi connectivity index (χ0) is 22.8. The van der Waals surface area contributed by atoms with Gasteiger partial charge in [0.25, 0.3) is 11.8 Å². The van der Waals surface area contributed by atoms with E-state index < -0.39 is 30.1 Å². The maximum absolute atomic E-state index is 13.3. The molecule has 0 heterocycles. The van der Waals surface area contributed by atoms with Gasteiger partial charge in [-0.2, -0.15) is 0 Å². The molecule has 0 aliphatic rings. The van der Waals surface area contributed by atoms with Gasteiger partial charge in [-0.25, -0.2) is 4.39 Å². The number of amides is 3. The summed E-state index contributed by atoms with van der Waals surface area (Å²) in [5.74, 6) is -1.82. The largest absolute Gasteiger partial charge is 0.484 e. The molecule has 8 nitrogen and oxygen atoms in total. The zero-order valence-corrected chi connectivity index (χ0v) is 18.1. The molecule has 0 aliphatic carbocycles. The molecule has 166 valence electrons. The van der Waals surface area contributed by atoms with Crippen LogP contribution in [0.2, 0.25) is 15.1 Å². The maximum atomic E-state index is 13.3. The third-order valence-electron chi connectivity index (χ3n) is 3.54. The van der Waals surface area contributed by atoms with Gasteiger partial charge in [-0.3, -0.25) is 14.4 Å². The SMILES string of the molecule is O=C(CNC(=O)COc1ccc(Cl)c(F)c1)NCNC(=O)COc1ccc(Cl)c(Cl)c1. The average molecular weight is 493 g/mol. The van der Waals surface area contributed by atoms with Crippen LogP contribution in [-0.4, -0.2) is 44.1 Å². The molecule has 0 unspecified atom stereocenters. The lowest BCUT2D eigenvalue weighted by molar-refractivity contribution is -0.127. The Morgan fingerprint density at radius 1 is 0.742 bits per heavy atom. The Kier molecular flexibility index (Phi) is 9.64. The lowest BCUT2D eigenvalue weighted by Gasteiger charge is -2.10. The van der Waals surface area contributed by atoms with Gasteiger partial charge >= 0.3 is 0 Å². The van der Waals surface area contributed by atoms with E-state index in [9.17, 15) is 18.8 Å². The Morgan fingerprint density at radius 2 is 1.29 bits per heavy atom. The van der Waals surface area contributed by atoms with Crippen molar-refractivity contribution in [3.8, 4) is 11.5 Å². The molecule has 3 amide bonds. The molecule has 0 fully saturated rings. The molecule has 0 spiro atoms. The molecule has 3 N–H and O–H groups in total. The van der Waals surface area contributed by atoms with E-state index in [0.717, 1.165) is 6.07 Å². The smallest absolute Gasteiger partial charge is 0.259 e. The van der Waals surface area contributed by atoms with Crippen molar-refractivity contribution in [2.24, 2.45) is 0 Å². The number of halogens is 4. The normalized spacial score (nSPS) is 10.2. The first-order chi connectivity index (χ1) is 14.7. The highest BCUT2D eigenvalue weighted by molar-refractivity contribution is 6.42. The molecule has 0 bridgehead atoms. The molecule has 0 saturated carbocycles. The predicted molar refractivity (Wildman–Crippen MR) is 113 cm³/mol. The zero-order valence-electron chi connectivity index (χ0n) is 15.8. The van der Waals surface area contributed by atoms with Crippen LogP contribution in [0.1, 0.15) is 0 Å². The summed E-state index contributed by atoms with van der Waals surface area (Å²) in [6.07, 6.45) is 0. The first-order valence-electron chi connectivity index (χ1n) is 8.70. The van der Waals surface area contributed by atoms with Crippen LogP contribution in [0.5, 0.6) is 11.5 Å². The van der Waals surface area contributed by atoms with Crippen molar-refractivity contribution < 1.29 is 28.2 Å². The van der Waals surface area contributed by atoms with Gasteiger partial charge in [0.15, 0.2) is 13.2 Å². The highest BCUT2D eigenvalue weighted by atomic mass is 35.5. The van der Waals surface area contributed by atoms with E-state index in [-0.39, 0.29) is 30.6 Å². The minimum Gasteiger partial charge on any atom is -0.484 e. The number of benzene rings is 2. The van der Waals surface area contributed by atoms with E-state index in [1.807, 2.05) is 0 Å². The van der Waals surface area contributed by atoms with Crippen molar-refractivity contribution >= 4 is 52.5 Å². The highest BCUT2D eigenvalue weighted by Gasteiger charge is 2.09. The fourth-order valence-corrected chi connectivity index (χ4v) is 2.42.